The van der Waals surface area contributed by atoms with Crippen molar-refractivity contribution < 1.29 is 0 Å². The van der Waals surface area contributed by atoms with Gasteiger partial charge >= 0.3 is 0 Å². The zero-order chi connectivity index (χ0) is 12.6. The fourth-order valence-corrected chi connectivity index (χ4v) is 4.39. The average molecular weight is 321 g/mol. The van der Waals surface area contributed by atoms with Gasteiger partial charge in [0.05, 0.1) is 0 Å². The van der Waals surface area contributed by atoms with E-state index in [1.165, 1.54) is 68.9 Å². The molecule has 0 aliphatic heterocycles. The second kappa shape index (κ2) is 8.85. The zero-order valence-corrected chi connectivity index (χ0v) is 14.0. The Hall–Kier alpha value is 0.830. The number of halogens is 1. The van der Waals surface area contributed by atoms with Crippen molar-refractivity contribution in [2.45, 2.75) is 64.7 Å². The van der Waals surface area contributed by atoms with Gasteiger partial charge in [-0.1, -0.05) is 42.1 Å². The van der Waals surface area contributed by atoms with E-state index in [-0.39, 0.29) is 0 Å². The van der Waals surface area contributed by atoms with Crippen LogP contribution in [0.5, 0.6) is 0 Å². The maximum Gasteiger partial charge on any atom is 0.00879 e. The van der Waals surface area contributed by atoms with Crippen LogP contribution in [0, 0.1) is 11.3 Å². The minimum absolute atomic E-state index is 0.651. The average Bonchev–Trinajstić information content (AvgIpc) is 2.38. The lowest BCUT2D eigenvalue weighted by atomic mass is 9.68. The van der Waals surface area contributed by atoms with Gasteiger partial charge in [0.15, 0.2) is 0 Å². The monoisotopic (exact) mass is 320 g/mol. The molecule has 0 atom stereocenters. The van der Waals surface area contributed by atoms with Crippen LogP contribution in [0.4, 0.5) is 0 Å². The van der Waals surface area contributed by atoms with Crippen LogP contribution in [0.1, 0.15) is 64.7 Å². The van der Waals surface area contributed by atoms with Crippen LogP contribution in [-0.2, 0) is 0 Å². The fourth-order valence-electron chi connectivity index (χ4n) is 3.11. The lowest BCUT2D eigenvalue weighted by Crippen LogP contribution is -2.29. The molecule has 1 rings (SSSR count). The van der Waals surface area contributed by atoms with Crippen LogP contribution in [0.25, 0.3) is 0 Å². The molecule has 0 aromatic heterocycles. The number of hydrogen-bond acceptors (Lipinski definition) is 1. The van der Waals surface area contributed by atoms with Crippen molar-refractivity contribution in [1.29, 1.82) is 0 Å². The highest BCUT2D eigenvalue weighted by atomic mass is 79.9. The molecule has 1 aliphatic carbocycles. The molecule has 1 saturated carbocycles. The van der Waals surface area contributed by atoms with Crippen LogP contribution >= 0.6 is 27.7 Å². The van der Waals surface area contributed by atoms with Crippen molar-refractivity contribution >= 4 is 27.7 Å². The topological polar surface area (TPSA) is 0 Å². The lowest BCUT2D eigenvalue weighted by Gasteiger charge is -2.39. The van der Waals surface area contributed by atoms with E-state index in [4.69, 9.17) is 0 Å². The molecule has 0 nitrogen and oxygen atoms in total. The number of alkyl halides is 1. The van der Waals surface area contributed by atoms with Gasteiger partial charge in [0, 0.05) is 5.33 Å². The molecule has 0 aromatic rings. The molecule has 1 aliphatic rings. The summed E-state index contributed by atoms with van der Waals surface area (Å²) in [6.07, 6.45) is 15.3. The summed E-state index contributed by atoms with van der Waals surface area (Å²) in [7, 11) is 0. The van der Waals surface area contributed by atoms with E-state index in [9.17, 15) is 0 Å². The highest BCUT2D eigenvalue weighted by molar-refractivity contribution is 9.09. The van der Waals surface area contributed by atoms with Gasteiger partial charge in [-0.05, 0) is 61.9 Å². The molecule has 0 heterocycles. The number of hydrogen-bond donors (Lipinski definition) is 0. The minimum Gasteiger partial charge on any atom is -0.165 e. The zero-order valence-electron chi connectivity index (χ0n) is 11.6. The molecule has 0 radical (unpaired) electrons. The normalized spacial score (nSPS) is 29.5. The third kappa shape index (κ3) is 5.55. The highest BCUT2D eigenvalue weighted by Crippen LogP contribution is 2.45. The molecular weight excluding hydrogens is 292 g/mol. The predicted octanol–water partition coefficient (Wildman–Crippen LogP) is 5.89. The van der Waals surface area contributed by atoms with Crippen molar-refractivity contribution in [2.75, 3.05) is 17.3 Å². The Balaban J connectivity index is 2.29. The summed E-state index contributed by atoms with van der Waals surface area (Å²) in [5.74, 6) is 2.39. The van der Waals surface area contributed by atoms with Gasteiger partial charge in [0.25, 0.3) is 0 Å². The van der Waals surface area contributed by atoms with E-state index >= 15 is 0 Å². The largest absolute Gasteiger partial charge is 0.165 e. The van der Waals surface area contributed by atoms with Crippen LogP contribution < -0.4 is 0 Å². The Morgan fingerprint density at radius 1 is 1.24 bits per heavy atom. The van der Waals surface area contributed by atoms with E-state index in [0.29, 0.717) is 5.41 Å². The molecule has 0 amide bonds. The summed E-state index contributed by atoms with van der Waals surface area (Å²) in [5, 5.41) is 1.23. The number of unbranched alkanes of at least 4 members (excludes halogenated alkanes) is 1. The quantitative estimate of drug-likeness (QED) is 0.397. The summed E-state index contributed by atoms with van der Waals surface area (Å²) in [6, 6.07) is 0. The van der Waals surface area contributed by atoms with Crippen molar-refractivity contribution in [3.8, 4) is 0 Å². The number of thioether (sulfide) groups is 1. The Morgan fingerprint density at radius 3 is 2.47 bits per heavy atom. The summed E-state index contributed by atoms with van der Waals surface area (Å²) >= 11 is 5.78. The van der Waals surface area contributed by atoms with Gasteiger partial charge in [0.2, 0.25) is 0 Å². The maximum absolute atomic E-state index is 3.79. The summed E-state index contributed by atoms with van der Waals surface area (Å²) in [6.45, 7) is 2.31. The highest BCUT2D eigenvalue weighted by Gasteiger charge is 2.33. The Labute approximate surface area is 121 Å². The molecule has 17 heavy (non-hydrogen) atoms. The Morgan fingerprint density at radius 2 is 1.94 bits per heavy atom. The van der Waals surface area contributed by atoms with E-state index in [1.807, 2.05) is 11.8 Å². The van der Waals surface area contributed by atoms with Crippen LogP contribution in [0.15, 0.2) is 0 Å². The molecule has 102 valence electrons. The predicted molar refractivity (Wildman–Crippen MR) is 85.3 cm³/mol. The summed E-state index contributed by atoms with van der Waals surface area (Å²) < 4.78 is 0. The SMILES string of the molecule is CCCCC1CCC(CBr)(CCCSC)CC1. The van der Waals surface area contributed by atoms with Gasteiger partial charge in [-0.2, -0.15) is 11.8 Å². The smallest absolute Gasteiger partial charge is 0.00879 e. The molecule has 0 bridgehead atoms. The first-order valence-electron chi connectivity index (χ1n) is 7.31. The van der Waals surface area contributed by atoms with Crippen molar-refractivity contribution in [1.82, 2.24) is 0 Å². The van der Waals surface area contributed by atoms with Gasteiger partial charge in [0.1, 0.15) is 0 Å². The Kier molecular flexibility index (Phi) is 8.27. The third-order valence-electron chi connectivity index (χ3n) is 4.47. The molecule has 0 N–H and O–H groups in total. The van der Waals surface area contributed by atoms with E-state index in [0.717, 1.165) is 5.92 Å². The van der Waals surface area contributed by atoms with E-state index in [1.54, 1.807) is 0 Å². The van der Waals surface area contributed by atoms with Gasteiger partial charge in [-0.15, -0.1) is 0 Å². The van der Waals surface area contributed by atoms with E-state index in [2.05, 4.69) is 29.1 Å². The molecule has 1 fully saturated rings. The van der Waals surface area contributed by atoms with Gasteiger partial charge in [-0.3, -0.25) is 0 Å². The first-order valence-corrected chi connectivity index (χ1v) is 9.83. The van der Waals surface area contributed by atoms with Gasteiger partial charge in [-0.25, -0.2) is 0 Å². The summed E-state index contributed by atoms with van der Waals surface area (Å²) in [4.78, 5) is 0. The second-order valence-electron chi connectivity index (χ2n) is 5.82. The first kappa shape index (κ1) is 15.9. The number of rotatable bonds is 8. The lowest BCUT2D eigenvalue weighted by molar-refractivity contribution is 0.157. The van der Waals surface area contributed by atoms with Crippen LogP contribution in [0.3, 0.4) is 0 Å². The Bertz CT molecular complexity index is 185. The molecule has 0 spiro atoms. The van der Waals surface area contributed by atoms with Crippen molar-refractivity contribution in [2.24, 2.45) is 11.3 Å². The second-order valence-corrected chi connectivity index (χ2v) is 7.36. The van der Waals surface area contributed by atoms with Crippen LogP contribution in [0.2, 0.25) is 0 Å². The fraction of sp³-hybridized carbons (Fsp3) is 1.00. The maximum atomic E-state index is 3.79. The van der Waals surface area contributed by atoms with Gasteiger partial charge < -0.3 is 0 Å². The molecule has 0 unspecified atom stereocenters. The minimum atomic E-state index is 0.651. The molecule has 0 aromatic carbocycles. The first-order chi connectivity index (χ1) is 8.26. The van der Waals surface area contributed by atoms with E-state index < -0.39 is 0 Å². The molecule has 2 heteroatoms. The molecular formula is C15H29BrS. The standard InChI is InChI=1S/C15H29BrS/c1-3-4-6-14-7-10-15(13-16,11-8-14)9-5-12-17-2/h14H,3-13H2,1-2H3. The van der Waals surface area contributed by atoms with Crippen molar-refractivity contribution in [3.63, 3.8) is 0 Å². The van der Waals surface area contributed by atoms with Crippen molar-refractivity contribution in [3.05, 3.63) is 0 Å². The van der Waals surface area contributed by atoms with Crippen LogP contribution in [-0.4, -0.2) is 17.3 Å². The third-order valence-corrected chi connectivity index (χ3v) is 6.36. The molecule has 0 saturated heterocycles. The summed E-state index contributed by atoms with van der Waals surface area (Å²) in [5.41, 5.74) is 0.651.